The van der Waals surface area contributed by atoms with Crippen molar-refractivity contribution < 1.29 is 14.5 Å². The fourth-order valence-corrected chi connectivity index (χ4v) is 2.87. The number of rotatable bonds is 7. The fourth-order valence-electron chi connectivity index (χ4n) is 2.27. The molecule has 2 N–H and O–H groups in total. The minimum absolute atomic E-state index is 0.0759. The molecule has 0 aliphatic carbocycles. The number of nitrogens with zero attached hydrogens (tertiary/aromatic N) is 3. The van der Waals surface area contributed by atoms with E-state index >= 15 is 0 Å². The molecule has 0 aliphatic heterocycles. The SMILES string of the molecule is COc1cc(NC(=O)CSc2n[nH]c(-c3ccccc3)n2)ccc1[N+](=O)[O-]. The lowest BCUT2D eigenvalue weighted by Gasteiger charge is -2.07. The minimum atomic E-state index is -0.548. The van der Waals surface area contributed by atoms with Crippen LogP contribution < -0.4 is 10.1 Å². The summed E-state index contributed by atoms with van der Waals surface area (Å²) >= 11 is 1.18. The van der Waals surface area contributed by atoms with E-state index in [0.717, 1.165) is 5.56 Å². The largest absolute Gasteiger partial charge is 0.490 e. The summed E-state index contributed by atoms with van der Waals surface area (Å²) in [6.45, 7) is 0. The molecule has 0 spiro atoms. The van der Waals surface area contributed by atoms with Gasteiger partial charge in [0.25, 0.3) is 0 Å². The molecule has 0 saturated heterocycles. The number of ether oxygens (including phenoxy) is 1. The third-order valence-electron chi connectivity index (χ3n) is 3.50. The molecule has 0 fully saturated rings. The predicted octanol–water partition coefficient (Wildman–Crippen LogP) is 3.12. The Bertz CT molecular complexity index is 961. The maximum atomic E-state index is 12.1. The Morgan fingerprint density at radius 1 is 1.30 bits per heavy atom. The summed E-state index contributed by atoms with van der Waals surface area (Å²) in [5.74, 6) is 0.498. The van der Waals surface area contributed by atoms with Crippen molar-refractivity contribution in [3.05, 3.63) is 58.6 Å². The van der Waals surface area contributed by atoms with Gasteiger partial charge in [0.2, 0.25) is 11.1 Å². The van der Waals surface area contributed by atoms with Crippen LogP contribution in [-0.4, -0.2) is 38.9 Å². The molecule has 1 heterocycles. The number of nitro benzene ring substituents is 1. The van der Waals surface area contributed by atoms with Gasteiger partial charge in [0.05, 0.1) is 17.8 Å². The highest BCUT2D eigenvalue weighted by Gasteiger charge is 2.16. The number of nitrogens with one attached hydrogen (secondary N) is 2. The van der Waals surface area contributed by atoms with Crippen molar-refractivity contribution in [3.63, 3.8) is 0 Å². The van der Waals surface area contributed by atoms with Crippen LogP contribution in [0.4, 0.5) is 11.4 Å². The van der Waals surface area contributed by atoms with Crippen LogP contribution in [-0.2, 0) is 4.79 Å². The van der Waals surface area contributed by atoms with E-state index in [2.05, 4.69) is 20.5 Å². The second-order valence-corrected chi connectivity index (χ2v) is 6.26. The van der Waals surface area contributed by atoms with Crippen LogP contribution in [0, 0.1) is 10.1 Å². The molecule has 2 aromatic carbocycles. The Morgan fingerprint density at radius 3 is 2.78 bits per heavy atom. The van der Waals surface area contributed by atoms with Gasteiger partial charge in [-0.25, -0.2) is 4.98 Å². The molecule has 0 atom stereocenters. The van der Waals surface area contributed by atoms with E-state index < -0.39 is 4.92 Å². The molecule has 0 aliphatic rings. The van der Waals surface area contributed by atoms with Gasteiger partial charge in [-0.05, 0) is 6.07 Å². The normalized spacial score (nSPS) is 10.4. The summed E-state index contributed by atoms with van der Waals surface area (Å²) in [7, 11) is 1.33. The van der Waals surface area contributed by atoms with E-state index in [1.54, 1.807) is 0 Å². The van der Waals surface area contributed by atoms with Crippen molar-refractivity contribution in [1.29, 1.82) is 0 Å². The Morgan fingerprint density at radius 2 is 2.07 bits per heavy atom. The Hall–Kier alpha value is -3.40. The number of hydrogen-bond acceptors (Lipinski definition) is 7. The number of benzene rings is 2. The van der Waals surface area contributed by atoms with Gasteiger partial charge in [0.15, 0.2) is 11.6 Å². The van der Waals surface area contributed by atoms with Gasteiger partial charge >= 0.3 is 5.69 Å². The highest BCUT2D eigenvalue weighted by atomic mass is 32.2. The number of anilines is 1. The second-order valence-electron chi connectivity index (χ2n) is 5.31. The van der Waals surface area contributed by atoms with Crippen LogP contribution >= 0.6 is 11.8 Å². The summed E-state index contributed by atoms with van der Waals surface area (Å²) in [6, 6.07) is 13.7. The van der Waals surface area contributed by atoms with Crippen LogP contribution in [0.1, 0.15) is 0 Å². The van der Waals surface area contributed by atoms with E-state index in [0.29, 0.717) is 16.7 Å². The standard InChI is InChI=1S/C17H15N5O4S/c1-26-14-9-12(7-8-13(14)22(24)25)18-15(23)10-27-17-19-16(20-21-17)11-5-3-2-4-6-11/h2-9H,10H2,1H3,(H,18,23)(H,19,20,21). The highest BCUT2D eigenvalue weighted by Crippen LogP contribution is 2.29. The predicted molar refractivity (Wildman–Crippen MR) is 101 cm³/mol. The van der Waals surface area contributed by atoms with Crippen molar-refractivity contribution in [3.8, 4) is 17.1 Å². The first-order chi connectivity index (χ1) is 13.1. The van der Waals surface area contributed by atoms with Crippen LogP contribution in [0.2, 0.25) is 0 Å². The lowest BCUT2D eigenvalue weighted by atomic mass is 10.2. The molecule has 3 rings (SSSR count). The molecule has 0 radical (unpaired) electrons. The molecular formula is C17H15N5O4S. The molecule has 9 nitrogen and oxygen atoms in total. The van der Waals surface area contributed by atoms with Crippen molar-refractivity contribution >= 4 is 29.0 Å². The van der Waals surface area contributed by atoms with Crippen molar-refractivity contribution in [2.24, 2.45) is 0 Å². The first-order valence-electron chi connectivity index (χ1n) is 7.79. The van der Waals surface area contributed by atoms with Gasteiger partial charge in [0.1, 0.15) is 0 Å². The first kappa shape index (κ1) is 18.4. The topological polar surface area (TPSA) is 123 Å². The molecular weight excluding hydrogens is 370 g/mol. The van der Waals surface area contributed by atoms with Gasteiger partial charge in [-0.15, -0.1) is 5.10 Å². The second kappa shape index (κ2) is 8.32. The van der Waals surface area contributed by atoms with Crippen LogP contribution in [0.3, 0.4) is 0 Å². The maximum absolute atomic E-state index is 12.1. The number of hydrogen-bond donors (Lipinski definition) is 2. The average Bonchev–Trinajstić information content (AvgIpc) is 3.16. The number of nitro groups is 1. The molecule has 3 aromatic rings. The van der Waals surface area contributed by atoms with Crippen LogP contribution in [0.15, 0.2) is 53.7 Å². The smallest absolute Gasteiger partial charge is 0.311 e. The molecule has 10 heteroatoms. The molecule has 0 unspecified atom stereocenters. The number of H-pyrrole nitrogens is 1. The van der Waals surface area contributed by atoms with E-state index in [9.17, 15) is 14.9 Å². The third-order valence-corrected chi connectivity index (χ3v) is 4.35. The number of thioether (sulfide) groups is 1. The van der Waals surface area contributed by atoms with E-state index in [1.165, 1.54) is 37.1 Å². The lowest BCUT2D eigenvalue weighted by molar-refractivity contribution is -0.385. The Balaban J connectivity index is 1.59. The zero-order chi connectivity index (χ0) is 19.2. The number of methoxy groups -OCH3 is 1. The summed E-state index contributed by atoms with van der Waals surface area (Å²) < 4.78 is 4.98. The zero-order valence-corrected chi connectivity index (χ0v) is 15.0. The monoisotopic (exact) mass is 385 g/mol. The highest BCUT2D eigenvalue weighted by molar-refractivity contribution is 7.99. The minimum Gasteiger partial charge on any atom is -0.490 e. The van der Waals surface area contributed by atoms with Crippen LogP contribution in [0.25, 0.3) is 11.4 Å². The number of amides is 1. The summed E-state index contributed by atoms with van der Waals surface area (Å²) in [5, 5.41) is 20.9. The van der Waals surface area contributed by atoms with Crippen molar-refractivity contribution in [2.45, 2.75) is 5.16 Å². The van der Waals surface area contributed by atoms with Gasteiger partial charge < -0.3 is 10.1 Å². The van der Waals surface area contributed by atoms with Crippen LogP contribution in [0.5, 0.6) is 5.75 Å². The lowest BCUT2D eigenvalue weighted by Crippen LogP contribution is -2.14. The van der Waals surface area contributed by atoms with Gasteiger partial charge in [0, 0.05) is 23.4 Å². The average molecular weight is 385 g/mol. The Kier molecular flexibility index (Phi) is 5.67. The fraction of sp³-hybridized carbons (Fsp3) is 0.118. The van der Waals surface area contributed by atoms with Crippen molar-refractivity contribution in [2.75, 3.05) is 18.2 Å². The van der Waals surface area contributed by atoms with Gasteiger partial charge in [-0.2, -0.15) is 0 Å². The maximum Gasteiger partial charge on any atom is 0.311 e. The van der Waals surface area contributed by atoms with E-state index in [1.807, 2.05) is 30.3 Å². The number of aromatic amines is 1. The van der Waals surface area contributed by atoms with E-state index in [4.69, 9.17) is 4.74 Å². The number of carbonyl (C=O) groups is 1. The quantitative estimate of drug-likeness (QED) is 0.364. The Labute approximate surface area is 158 Å². The summed E-state index contributed by atoms with van der Waals surface area (Å²) in [4.78, 5) is 26.8. The molecule has 0 saturated carbocycles. The first-order valence-corrected chi connectivity index (χ1v) is 8.78. The number of aromatic nitrogens is 3. The molecule has 27 heavy (non-hydrogen) atoms. The third kappa shape index (κ3) is 4.61. The number of carbonyl (C=O) groups excluding carboxylic acids is 1. The molecule has 0 bridgehead atoms. The molecule has 1 aromatic heterocycles. The van der Waals surface area contributed by atoms with Crippen molar-refractivity contribution in [1.82, 2.24) is 15.2 Å². The van der Waals surface area contributed by atoms with Gasteiger partial charge in [-0.1, -0.05) is 42.1 Å². The summed E-state index contributed by atoms with van der Waals surface area (Å²) in [6.07, 6.45) is 0. The zero-order valence-electron chi connectivity index (χ0n) is 14.2. The van der Waals surface area contributed by atoms with Gasteiger partial charge in [-0.3, -0.25) is 20.0 Å². The summed E-state index contributed by atoms with van der Waals surface area (Å²) in [5.41, 5.74) is 1.14. The molecule has 1 amide bonds. The van der Waals surface area contributed by atoms with E-state index in [-0.39, 0.29) is 23.1 Å². The molecule has 138 valence electrons.